The summed E-state index contributed by atoms with van der Waals surface area (Å²) in [5.41, 5.74) is -0.0431. The molecule has 1 aliphatic heterocycles. The first-order valence-electron chi connectivity index (χ1n) is 11.9. The number of amides is 1. The van der Waals surface area contributed by atoms with Crippen LogP contribution in [0.25, 0.3) is 33.3 Å². The number of aromatic nitrogens is 4. The molecule has 0 N–H and O–H groups in total. The Bertz CT molecular complexity index is 1730. The van der Waals surface area contributed by atoms with Crippen LogP contribution in [0.1, 0.15) is 43.4 Å². The van der Waals surface area contributed by atoms with Gasteiger partial charge >= 0.3 is 12.3 Å². The first kappa shape index (κ1) is 26.4. The lowest BCUT2D eigenvalue weighted by molar-refractivity contribution is -0.141. The van der Waals surface area contributed by atoms with E-state index in [1.807, 2.05) is 0 Å². The van der Waals surface area contributed by atoms with Crippen LogP contribution in [-0.2, 0) is 10.9 Å². The van der Waals surface area contributed by atoms with E-state index in [9.17, 15) is 23.2 Å². The average Bonchev–Trinajstić information content (AvgIpc) is 3.46. The molecule has 0 aliphatic carbocycles. The summed E-state index contributed by atoms with van der Waals surface area (Å²) in [5.74, 6) is 0. The first-order chi connectivity index (χ1) is 18.3. The fraction of sp³-hybridized carbons (Fsp3) is 0.296. The van der Waals surface area contributed by atoms with Crippen LogP contribution in [0, 0.1) is 18.3 Å². The molecular weight excluding hydrogens is 533 g/mol. The Hall–Kier alpha value is -4.17. The highest BCUT2D eigenvalue weighted by molar-refractivity contribution is 6.31. The van der Waals surface area contributed by atoms with Gasteiger partial charge in [0.1, 0.15) is 17.2 Å². The topological polar surface area (TPSA) is 96.4 Å². The number of ether oxygens (including phenoxy) is 1. The maximum atomic E-state index is 13.9. The molecule has 0 saturated heterocycles. The second-order valence-electron chi connectivity index (χ2n) is 10.1. The quantitative estimate of drug-likeness (QED) is 0.283. The van der Waals surface area contributed by atoms with Crippen molar-refractivity contribution in [2.75, 3.05) is 13.1 Å². The largest absolute Gasteiger partial charge is 0.444 e. The molecule has 0 fully saturated rings. The van der Waals surface area contributed by atoms with Crippen LogP contribution in [0.15, 0.2) is 36.5 Å². The van der Waals surface area contributed by atoms with Crippen LogP contribution in [0.3, 0.4) is 0 Å². The van der Waals surface area contributed by atoms with Crippen LogP contribution in [0.2, 0.25) is 5.02 Å². The number of carbonyl (C=O) groups is 1. The van der Waals surface area contributed by atoms with Crippen molar-refractivity contribution in [1.82, 2.24) is 24.5 Å². The van der Waals surface area contributed by atoms with E-state index in [1.54, 1.807) is 70.3 Å². The molecule has 4 heterocycles. The number of rotatable bonds is 2. The zero-order valence-electron chi connectivity index (χ0n) is 21.4. The molecule has 1 amide bonds. The van der Waals surface area contributed by atoms with E-state index < -0.39 is 29.1 Å². The van der Waals surface area contributed by atoms with Crippen molar-refractivity contribution in [2.45, 2.75) is 39.5 Å². The summed E-state index contributed by atoms with van der Waals surface area (Å²) in [6.45, 7) is 7.13. The molecule has 0 radical (unpaired) electrons. The molecule has 0 atom stereocenters. The summed E-state index contributed by atoms with van der Waals surface area (Å²) in [6, 6.07) is 8.51. The predicted molar refractivity (Wildman–Crippen MR) is 139 cm³/mol. The van der Waals surface area contributed by atoms with Gasteiger partial charge in [-0.05, 0) is 57.0 Å². The van der Waals surface area contributed by atoms with Gasteiger partial charge in [-0.3, -0.25) is 4.98 Å². The van der Waals surface area contributed by atoms with E-state index in [0.717, 1.165) is 4.52 Å². The standard InChI is InChI=1S/C27H22ClF3N6O2/c1-14-21(18-7-9-33-20-11-16(28)5-6-17(18)20)22(15-8-10-36(13-15)25(38)39-26(2,3)4)37-24(34-14)19(12-32)23(35-37)27(29,30)31/h5-9,11H,10,13H2,1-4H3. The Morgan fingerprint density at radius 3 is 2.62 bits per heavy atom. The fourth-order valence-electron chi connectivity index (χ4n) is 4.61. The third-order valence-electron chi connectivity index (χ3n) is 6.17. The van der Waals surface area contributed by atoms with Crippen molar-refractivity contribution >= 4 is 39.8 Å². The van der Waals surface area contributed by atoms with Crippen molar-refractivity contribution in [3.63, 3.8) is 0 Å². The molecule has 0 unspecified atom stereocenters. The molecule has 3 aromatic heterocycles. The van der Waals surface area contributed by atoms with Crippen LogP contribution in [0.4, 0.5) is 18.0 Å². The molecule has 1 aromatic carbocycles. The summed E-state index contributed by atoms with van der Waals surface area (Å²) in [5, 5.41) is 14.7. The number of benzene rings is 1. The number of pyridine rings is 1. The van der Waals surface area contributed by atoms with Crippen molar-refractivity contribution in [1.29, 1.82) is 5.26 Å². The zero-order valence-corrected chi connectivity index (χ0v) is 22.1. The highest BCUT2D eigenvalue weighted by Crippen LogP contribution is 2.40. The van der Waals surface area contributed by atoms with Crippen LogP contribution >= 0.6 is 11.6 Å². The van der Waals surface area contributed by atoms with Crippen molar-refractivity contribution in [3.8, 4) is 17.2 Å². The number of halogens is 4. The third-order valence-corrected chi connectivity index (χ3v) is 6.41. The highest BCUT2D eigenvalue weighted by atomic mass is 35.5. The molecule has 12 heteroatoms. The second-order valence-corrected chi connectivity index (χ2v) is 10.5. The summed E-state index contributed by atoms with van der Waals surface area (Å²) < 4.78 is 48.3. The van der Waals surface area contributed by atoms with Gasteiger partial charge in [0, 0.05) is 34.4 Å². The van der Waals surface area contributed by atoms with E-state index in [4.69, 9.17) is 16.3 Å². The van der Waals surface area contributed by atoms with Gasteiger partial charge in [0.25, 0.3) is 0 Å². The predicted octanol–water partition coefficient (Wildman–Crippen LogP) is 6.43. The molecule has 1 aliphatic rings. The highest BCUT2D eigenvalue weighted by Gasteiger charge is 2.40. The number of aryl methyl sites for hydroxylation is 1. The molecule has 0 spiro atoms. The molecule has 200 valence electrons. The van der Waals surface area contributed by atoms with Gasteiger partial charge in [0.2, 0.25) is 0 Å². The summed E-state index contributed by atoms with van der Waals surface area (Å²) >= 11 is 6.17. The lowest BCUT2D eigenvalue weighted by Gasteiger charge is -2.24. The number of fused-ring (bicyclic) bond motifs is 2. The molecule has 5 rings (SSSR count). The smallest absolute Gasteiger partial charge is 0.436 e. The normalized spacial score (nSPS) is 14.1. The third kappa shape index (κ3) is 4.76. The molecule has 8 nitrogen and oxygen atoms in total. The number of nitrogens with zero attached hydrogens (tertiary/aromatic N) is 6. The Kier molecular flexibility index (Phi) is 6.26. The van der Waals surface area contributed by atoms with Gasteiger partial charge in [-0.25, -0.2) is 14.3 Å². The molecule has 39 heavy (non-hydrogen) atoms. The minimum atomic E-state index is -4.88. The number of hydrogen-bond donors (Lipinski definition) is 0. The molecule has 0 bridgehead atoms. The SMILES string of the molecule is Cc1nc2c(C#N)c(C(F)(F)F)nn2c(C2=CCN(C(=O)OC(C)(C)C)C2)c1-c1ccnc2cc(Cl)ccc12. The molecule has 0 saturated carbocycles. The number of hydrogen-bond acceptors (Lipinski definition) is 6. The van der Waals surface area contributed by atoms with Gasteiger partial charge in [-0.1, -0.05) is 23.7 Å². The molecular formula is C27H22ClF3N6O2. The minimum Gasteiger partial charge on any atom is -0.444 e. The fourth-order valence-corrected chi connectivity index (χ4v) is 4.78. The van der Waals surface area contributed by atoms with Gasteiger partial charge < -0.3 is 9.64 Å². The van der Waals surface area contributed by atoms with E-state index in [1.165, 1.54) is 4.90 Å². The van der Waals surface area contributed by atoms with Crippen LogP contribution < -0.4 is 0 Å². The van der Waals surface area contributed by atoms with Crippen molar-refractivity contribution < 1.29 is 22.7 Å². The first-order valence-corrected chi connectivity index (χ1v) is 12.3. The number of nitriles is 1. The van der Waals surface area contributed by atoms with Gasteiger partial charge in [0.15, 0.2) is 11.3 Å². The number of alkyl halides is 3. The number of carbonyl (C=O) groups excluding carboxylic acids is 1. The van der Waals surface area contributed by atoms with Crippen molar-refractivity contribution in [3.05, 3.63) is 64.2 Å². The van der Waals surface area contributed by atoms with Crippen molar-refractivity contribution in [2.24, 2.45) is 0 Å². The van der Waals surface area contributed by atoms with E-state index >= 15 is 0 Å². The minimum absolute atomic E-state index is 0.0540. The Balaban J connectivity index is 1.79. The van der Waals surface area contributed by atoms with Gasteiger partial charge in [-0.15, -0.1) is 0 Å². The zero-order chi connectivity index (χ0) is 28.3. The van der Waals surface area contributed by atoms with E-state index in [0.29, 0.717) is 38.3 Å². The van der Waals surface area contributed by atoms with Gasteiger partial charge in [-0.2, -0.15) is 23.5 Å². The van der Waals surface area contributed by atoms with Gasteiger partial charge in [0.05, 0.1) is 17.8 Å². The van der Waals surface area contributed by atoms with E-state index in [2.05, 4.69) is 15.1 Å². The Labute approximate surface area is 226 Å². The lowest BCUT2D eigenvalue weighted by Crippen LogP contribution is -2.35. The van der Waals surface area contributed by atoms with Crippen LogP contribution in [-0.4, -0.2) is 49.3 Å². The summed E-state index contributed by atoms with van der Waals surface area (Å²) in [7, 11) is 0. The van der Waals surface area contributed by atoms with Crippen LogP contribution in [0.5, 0.6) is 0 Å². The maximum absolute atomic E-state index is 13.9. The summed E-state index contributed by atoms with van der Waals surface area (Å²) in [4.78, 5) is 23.0. The Morgan fingerprint density at radius 2 is 1.95 bits per heavy atom. The maximum Gasteiger partial charge on any atom is 0.436 e. The summed E-state index contributed by atoms with van der Waals surface area (Å²) in [6.07, 6.45) is -2.13. The Morgan fingerprint density at radius 1 is 1.21 bits per heavy atom. The van der Waals surface area contributed by atoms with E-state index in [-0.39, 0.29) is 24.4 Å². The average molecular weight is 555 g/mol. The lowest BCUT2D eigenvalue weighted by atomic mass is 9.95. The second kappa shape index (κ2) is 9.24. The monoisotopic (exact) mass is 554 g/mol. The molecule has 4 aromatic rings.